The standard InChI is InChI=1S/C19H26N4O/c1-22(2)15-9-10-17-16(13-15)18(21-23(17)3)19(24)20-12-11-14-7-5-4-6-8-14/h4-8,15H,9-13H2,1-3H3,(H,20,24). The number of hydrogen-bond donors (Lipinski definition) is 1. The van der Waals surface area contributed by atoms with Crippen molar-refractivity contribution in [1.82, 2.24) is 20.0 Å². The maximum atomic E-state index is 12.6. The smallest absolute Gasteiger partial charge is 0.272 e. The van der Waals surface area contributed by atoms with Crippen molar-refractivity contribution >= 4 is 5.91 Å². The Hall–Kier alpha value is -2.14. The van der Waals surface area contributed by atoms with Crippen LogP contribution in [-0.4, -0.2) is 47.3 Å². The van der Waals surface area contributed by atoms with E-state index in [2.05, 4.69) is 41.5 Å². The highest BCUT2D eigenvalue weighted by atomic mass is 16.1. The van der Waals surface area contributed by atoms with Crippen molar-refractivity contribution in [1.29, 1.82) is 0 Å². The van der Waals surface area contributed by atoms with E-state index >= 15 is 0 Å². The number of nitrogens with one attached hydrogen (secondary N) is 1. The summed E-state index contributed by atoms with van der Waals surface area (Å²) in [5.74, 6) is -0.0535. The normalized spacial score (nSPS) is 16.9. The highest BCUT2D eigenvalue weighted by Crippen LogP contribution is 2.26. The predicted molar refractivity (Wildman–Crippen MR) is 95.2 cm³/mol. The summed E-state index contributed by atoms with van der Waals surface area (Å²) in [5.41, 5.74) is 4.17. The van der Waals surface area contributed by atoms with E-state index < -0.39 is 0 Å². The minimum absolute atomic E-state index is 0.0535. The van der Waals surface area contributed by atoms with Gasteiger partial charge in [0.25, 0.3) is 5.91 Å². The lowest BCUT2D eigenvalue weighted by atomic mass is 9.90. The van der Waals surface area contributed by atoms with E-state index in [9.17, 15) is 4.79 Å². The number of aromatic nitrogens is 2. The lowest BCUT2D eigenvalue weighted by molar-refractivity contribution is 0.0947. The third-order valence-electron chi connectivity index (χ3n) is 4.92. The Balaban J connectivity index is 1.67. The van der Waals surface area contributed by atoms with Crippen LogP contribution in [0.25, 0.3) is 0 Å². The first kappa shape index (κ1) is 16.7. The molecule has 1 N–H and O–H groups in total. The van der Waals surface area contributed by atoms with Gasteiger partial charge in [0.05, 0.1) is 0 Å². The molecule has 1 unspecified atom stereocenters. The molecule has 0 saturated carbocycles. The van der Waals surface area contributed by atoms with Crippen LogP contribution in [0.2, 0.25) is 0 Å². The molecule has 0 fully saturated rings. The molecule has 1 heterocycles. The van der Waals surface area contributed by atoms with Crippen molar-refractivity contribution in [2.75, 3.05) is 20.6 Å². The summed E-state index contributed by atoms with van der Waals surface area (Å²) < 4.78 is 1.88. The molecule has 5 heteroatoms. The number of aryl methyl sites for hydroxylation is 1. The van der Waals surface area contributed by atoms with E-state index in [1.165, 1.54) is 11.3 Å². The van der Waals surface area contributed by atoms with E-state index in [0.717, 1.165) is 31.2 Å². The zero-order chi connectivity index (χ0) is 17.1. The van der Waals surface area contributed by atoms with Gasteiger partial charge in [-0.3, -0.25) is 9.48 Å². The van der Waals surface area contributed by atoms with Gasteiger partial charge in [-0.25, -0.2) is 0 Å². The molecule has 0 bridgehead atoms. The van der Waals surface area contributed by atoms with E-state index in [1.807, 2.05) is 29.9 Å². The van der Waals surface area contributed by atoms with Crippen LogP contribution in [0.4, 0.5) is 0 Å². The molecular formula is C19H26N4O. The van der Waals surface area contributed by atoms with Gasteiger partial charge in [-0.1, -0.05) is 30.3 Å². The molecule has 1 aliphatic carbocycles. The fourth-order valence-electron chi connectivity index (χ4n) is 3.44. The molecule has 0 saturated heterocycles. The van der Waals surface area contributed by atoms with E-state index in [1.54, 1.807) is 0 Å². The predicted octanol–water partition coefficient (Wildman–Crippen LogP) is 1.81. The van der Waals surface area contributed by atoms with Gasteiger partial charge in [-0.2, -0.15) is 5.10 Å². The quantitative estimate of drug-likeness (QED) is 0.912. The first-order valence-electron chi connectivity index (χ1n) is 8.59. The first-order chi connectivity index (χ1) is 11.6. The van der Waals surface area contributed by atoms with Gasteiger partial charge in [-0.15, -0.1) is 0 Å². The lowest BCUT2D eigenvalue weighted by Gasteiger charge is -2.28. The molecule has 1 aromatic heterocycles. The van der Waals surface area contributed by atoms with Crippen molar-refractivity contribution in [3.05, 3.63) is 52.8 Å². The number of rotatable bonds is 5. The largest absolute Gasteiger partial charge is 0.350 e. The second-order valence-electron chi connectivity index (χ2n) is 6.75. The average molecular weight is 326 g/mol. The summed E-state index contributed by atoms with van der Waals surface area (Å²) in [6.07, 6.45) is 3.84. The third kappa shape index (κ3) is 3.51. The highest BCUT2D eigenvalue weighted by molar-refractivity contribution is 5.94. The topological polar surface area (TPSA) is 50.2 Å². The summed E-state index contributed by atoms with van der Waals surface area (Å²) >= 11 is 0. The summed E-state index contributed by atoms with van der Waals surface area (Å²) in [5, 5.41) is 7.52. The molecule has 1 aromatic carbocycles. The van der Waals surface area contributed by atoms with Crippen LogP contribution >= 0.6 is 0 Å². The molecular weight excluding hydrogens is 300 g/mol. The second-order valence-corrected chi connectivity index (χ2v) is 6.75. The van der Waals surface area contributed by atoms with Crippen molar-refractivity contribution in [3.8, 4) is 0 Å². The van der Waals surface area contributed by atoms with Crippen LogP contribution in [0.3, 0.4) is 0 Å². The molecule has 3 rings (SSSR count). The Morgan fingerprint density at radius 2 is 2.08 bits per heavy atom. The van der Waals surface area contributed by atoms with Crippen LogP contribution in [0.15, 0.2) is 30.3 Å². The molecule has 1 amide bonds. The zero-order valence-corrected chi connectivity index (χ0v) is 14.7. The summed E-state index contributed by atoms with van der Waals surface area (Å²) in [6.45, 7) is 0.630. The summed E-state index contributed by atoms with van der Waals surface area (Å²) in [6, 6.07) is 10.7. The molecule has 1 atom stereocenters. The molecule has 0 spiro atoms. The van der Waals surface area contributed by atoms with E-state index in [-0.39, 0.29) is 5.91 Å². The van der Waals surface area contributed by atoms with E-state index in [0.29, 0.717) is 18.3 Å². The Morgan fingerprint density at radius 3 is 2.79 bits per heavy atom. The summed E-state index contributed by atoms with van der Waals surface area (Å²) in [4.78, 5) is 14.8. The van der Waals surface area contributed by atoms with Gasteiger partial charge in [-0.05, 0) is 45.3 Å². The number of carbonyl (C=O) groups is 1. The SMILES string of the molecule is CN(C)C1CCc2c(c(C(=O)NCCc3ccccc3)nn2C)C1. The van der Waals surface area contributed by atoms with Gasteiger partial charge in [0.1, 0.15) is 0 Å². The molecule has 2 aromatic rings. The Labute approximate surface area is 143 Å². The van der Waals surface area contributed by atoms with Crippen LogP contribution in [0.5, 0.6) is 0 Å². The molecule has 24 heavy (non-hydrogen) atoms. The number of carbonyl (C=O) groups excluding carboxylic acids is 1. The fraction of sp³-hybridized carbons (Fsp3) is 0.474. The maximum Gasteiger partial charge on any atom is 0.272 e. The van der Waals surface area contributed by atoms with Crippen LogP contribution in [0.1, 0.15) is 33.7 Å². The number of fused-ring (bicyclic) bond motifs is 1. The molecule has 5 nitrogen and oxygen atoms in total. The lowest BCUT2D eigenvalue weighted by Crippen LogP contribution is -2.35. The Kier molecular flexibility index (Phi) is 5.00. The Bertz CT molecular complexity index is 706. The van der Waals surface area contributed by atoms with Crippen molar-refractivity contribution in [2.45, 2.75) is 31.7 Å². The van der Waals surface area contributed by atoms with Gasteiger partial charge in [0, 0.05) is 30.9 Å². The van der Waals surface area contributed by atoms with Gasteiger partial charge >= 0.3 is 0 Å². The number of hydrogen-bond acceptors (Lipinski definition) is 3. The fourth-order valence-corrected chi connectivity index (χ4v) is 3.44. The second kappa shape index (κ2) is 7.18. The van der Waals surface area contributed by atoms with Crippen molar-refractivity contribution in [2.24, 2.45) is 7.05 Å². The Morgan fingerprint density at radius 1 is 1.33 bits per heavy atom. The zero-order valence-electron chi connectivity index (χ0n) is 14.7. The van der Waals surface area contributed by atoms with Crippen LogP contribution in [-0.2, 0) is 26.3 Å². The average Bonchev–Trinajstić information content (AvgIpc) is 2.92. The van der Waals surface area contributed by atoms with Crippen LogP contribution in [0, 0.1) is 0 Å². The molecule has 128 valence electrons. The highest BCUT2D eigenvalue weighted by Gasteiger charge is 2.28. The number of nitrogens with zero attached hydrogens (tertiary/aromatic N) is 3. The van der Waals surface area contributed by atoms with Gasteiger partial charge in [0.15, 0.2) is 5.69 Å². The van der Waals surface area contributed by atoms with Crippen molar-refractivity contribution < 1.29 is 4.79 Å². The first-order valence-corrected chi connectivity index (χ1v) is 8.59. The molecule has 0 radical (unpaired) electrons. The number of likely N-dealkylation sites (N-methyl/N-ethyl adjacent to an activating group) is 1. The van der Waals surface area contributed by atoms with Crippen LogP contribution < -0.4 is 5.32 Å². The van der Waals surface area contributed by atoms with Crippen molar-refractivity contribution in [3.63, 3.8) is 0 Å². The monoisotopic (exact) mass is 326 g/mol. The minimum atomic E-state index is -0.0535. The third-order valence-corrected chi connectivity index (χ3v) is 4.92. The molecule has 1 aliphatic rings. The van der Waals surface area contributed by atoms with Gasteiger partial charge in [0.2, 0.25) is 0 Å². The maximum absolute atomic E-state index is 12.6. The van der Waals surface area contributed by atoms with E-state index in [4.69, 9.17) is 0 Å². The summed E-state index contributed by atoms with van der Waals surface area (Å²) in [7, 11) is 6.15. The molecule has 0 aliphatic heterocycles. The minimum Gasteiger partial charge on any atom is -0.350 e. The number of amides is 1. The van der Waals surface area contributed by atoms with Gasteiger partial charge < -0.3 is 10.2 Å². The number of benzene rings is 1.